The quantitative estimate of drug-likeness (QED) is 0.655. The summed E-state index contributed by atoms with van der Waals surface area (Å²) in [4.78, 5) is 0. The first-order valence-corrected chi connectivity index (χ1v) is 6.39. The highest BCUT2D eigenvalue weighted by atomic mass is 19.1. The van der Waals surface area contributed by atoms with Crippen molar-refractivity contribution in [3.05, 3.63) is 0 Å². The molecule has 0 saturated heterocycles. The molecule has 2 N–H and O–H groups in total. The van der Waals surface area contributed by atoms with Crippen LogP contribution in [0.5, 0.6) is 0 Å². The van der Waals surface area contributed by atoms with E-state index in [9.17, 15) is 4.39 Å². The average Bonchev–Trinajstić information content (AvgIpc) is 2.23. The first kappa shape index (κ1) is 14.9. The van der Waals surface area contributed by atoms with Gasteiger partial charge in [0.25, 0.3) is 0 Å². The molecule has 0 rings (SSSR count). The maximum atomic E-state index is 14.4. The minimum atomic E-state index is -1.16. The summed E-state index contributed by atoms with van der Waals surface area (Å²) in [6.45, 7) is 8.35. The molecule has 0 aliphatic rings. The standard InChI is InChI=1S/C13H28FN/c1-5-7-8-12(6-2)9-13(14,10-15)11(3)4/h11-12H,5-10,15H2,1-4H3. The fourth-order valence-electron chi connectivity index (χ4n) is 1.98. The van der Waals surface area contributed by atoms with E-state index in [0.717, 1.165) is 12.8 Å². The number of hydrogen-bond acceptors (Lipinski definition) is 1. The smallest absolute Gasteiger partial charge is 0.125 e. The second kappa shape index (κ2) is 7.21. The highest BCUT2D eigenvalue weighted by molar-refractivity contribution is 4.86. The third-order valence-electron chi connectivity index (χ3n) is 3.55. The van der Waals surface area contributed by atoms with Crippen LogP contribution in [0.2, 0.25) is 0 Å². The number of unbranched alkanes of at least 4 members (excludes halogenated alkanes) is 1. The molecule has 0 saturated carbocycles. The Hall–Kier alpha value is -0.110. The summed E-state index contributed by atoms with van der Waals surface area (Å²) < 4.78 is 14.4. The van der Waals surface area contributed by atoms with Gasteiger partial charge in [-0.1, -0.05) is 53.4 Å². The Kier molecular flexibility index (Phi) is 7.16. The predicted octanol–water partition coefficient (Wildman–Crippen LogP) is 3.92. The zero-order valence-electron chi connectivity index (χ0n) is 10.9. The van der Waals surface area contributed by atoms with E-state index in [1.807, 2.05) is 13.8 Å². The van der Waals surface area contributed by atoms with Gasteiger partial charge in [0.2, 0.25) is 0 Å². The van der Waals surface area contributed by atoms with Crippen molar-refractivity contribution in [3.63, 3.8) is 0 Å². The van der Waals surface area contributed by atoms with Crippen molar-refractivity contribution in [2.24, 2.45) is 17.6 Å². The van der Waals surface area contributed by atoms with Gasteiger partial charge in [-0.05, 0) is 18.3 Å². The Morgan fingerprint density at radius 1 is 1.27 bits per heavy atom. The van der Waals surface area contributed by atoms with Gasteiger partial charge in [0.1, 0.15) is 5.67 Å². The molecule has 0 heterocycles. The Morgan fingerprint density at radius 3 is 2.20 bits per heavy atom. The van der Waals surface area contributed by atoms with E-state index in [4.69, 9.17) is 5.73 Å². The molecule has 0 radical (unpaired) electrons. The summed E-state index contributed by atoms with van der Waals surface area (Å²) in [5, 5.41) is 0. The van der Waals surface area contributed by atoms with Crippen LogP contribution >= 0.6 is 0 Å². The van der Waals surface area contributed by atoms with Gasteiger partial charge in [-0.15, -0.1) is 0 Å². The lowest BCUT2D eigenvalue weighted by Crippen LogP contribution is -2.40. The summed E-state index contributed by atoms with van der Waals surface area (Å²) in [7, 11) is 0. The third kappa shape index (κ3) is 4.96. The molecule has 92 valence electrons. The number of halogens is 1. The van der Waals surface area contributed by atoms with Crippen molar-refractivity contribution < 1.29 is 4.39 Å². The first-order valence-electron chi connectivity index (χ1n) is 6.39. The molecule has 0 aliphatic carbocycles. The molecule has 2 heteroatoms. The maximum absolute atomic E-state index is 14.4. The van der Waals surface area contributed by atoms with Crippen LogP contribution in [0, 0.1) is 11.8 Å². The molecule has 0 aliphatic heterocycles. The SMILES string of the molecule is CCCCC(CC)CC(F)(CN)C(C)C. The molecule has 0 aromatic heterocycles. The molecule has 0 amide bonds. The van der Waals surface area contributed by atoms with Crippen LogP contribution in [0.1, 0.15) is 59.8 Å². The predicted molar refractivity (Wildman–Crippen MR) is 65.7 cm³/mol. The third-order valence-corrected chi connectivity index (χ3v) is 3.55. The van der Waals surface area contributed by atoms with E-state index in [0.29, 0.717) is 12.3 Å². The Balaban J connectivity index is 4.23. The number of nitrogens with two attached hydrogens (primary N) is 1. The van der Waals surface area contributed by atoms with E-state index < -0.39 is 5.67 Å². The molecule has 2 atom stereocenters. The lowest BCUT2D eigenvalue weighted by atomic mass is 9.81. The molecule has 15 heavy (non-hydrogen) atoms. The van der Waals surface area contributed by atoms with Crippen molar-refractivity contribution in [1.82, 2.24) is 0 Å². The molecular formula is C13H28FN. The minimum absolute atomic E-state index is 0.0261. The number of hydrogen-bond donors (Lipinski definition) is 1. The Labute approximate surface area is 94.6 Å². The van der Waals surface area contributed by atoms with Crippen molar-refractivity contribution in [3.8, 4) is 0 Å². The van der Waals surface area contributed by atoms with Gasteiger partial charge < -0.3 is 5.73 Å². The van der Waals surface area contributed by atoms with E-state index in [1.165, 1.54) is 12.8 Å². The Morgan fingerprint density at radius 2 is 1.87 bits per heavy atom. The highest BCUT2D eigenvalue weighted by Crippen LogP contribution is 2.32. The summed E-state index contributed by atoms with van der Waals surface area (Å²) in [5.41, 5.74) is 4.41. The van der Waals surface area contributed by atoms with Gasteiger partial charge in [-0.25, -0.2) is 4.39 Å². The summed E-state index contributed by atoms with van der Waals surface area (Å²) in [6.07, 6.45) is 5.25. The molecule has 0 spiro atoms. The van der Waals surface area contributed by atoms with Crippen LogP contribution in [0.15, 0.2) is 0 Å². The van der Waals surface area contributed by atoms with Gasteiger partial charge in [0.05, 0.1) is 0 Å². The molecule has 2 unspecified atom stereocenters. The van der Waals surface area contributed by atoms with E-state index in [1.54, 1.807) is 0 Å². The molecule has 0 aromatic rings. The summed E-state index contributed by atoms with van der Waals surface area (Å²) in [5.74, 6) is 0.527. The lowest BCUT2D eigenvalue weighted by molar-refractivity contribution is 0.0736. The molecule has 0 fully saturated rings. The van der Waals surface area contributed by atoms with Gasteiger partial charge in [0, 0.05) is 6.54 Å². The summed E-state index contributed by atoms with van der Waals surface area (Å²) in [6, 6.07) is 0. The zero-order valence-corrected chi connectivity index (χ0v) is 10.9. The minimum Gasteiger partial charge on any atom is -0.328 e. The second-order valence-corrected chi connectivity index (χ2v) is 5.01. The van der Waals surface area contributed by atoms with Crippen molar-refractivity contribution >= 4 is 0 Å². The van der Waals surface area contributed by atoms with E-state index in [-0.39, 0.29) is 12.5 Å². The van der Waals surface area contributed by atoms with Crippen LogP contribution < -0.4 is 5.73 Å². The molecule has 1 nitrogen and oxygen atoms in total. The van der Waals surface area contributed by atoms with Gasteiger partial charge in [0.15, 0.2) is 0 Å². The van der Waals surface area contributed by atoms with Crippen LogP contribution in [0.25, 0.3) is 0 Å². The van der Waals surface area contributed by atoms with Crippen LogP contribution in [0.4, 0.5) is 4.39 Å². The first-order chi connectivity index (χ1) is 7.00. The van der Waals surface area contributed by atoms with Crippen LogP contribution in [0.3, 0.4) is 0 Å². The van der Waals surface area contributed by atoms with Crippen molar-refractivity contribution in [2.75, 3.05) is 6.54 Å². The largest absolute Gasteiger partial charge is 0.328 e. The van der Waals surface area contributed by atoms with Crippen molar-refractivity contribution in [2.45, 2.75) is 65.5 Å². The topological polar surface area (TPSA) is 26.0 Å². The maximum Gasteiger partial charge on any atom is 0.125 e. The van der Waals surface area contributed by atoms with Gasteiger partial charge in [-0.3, -0.25) is 0 Å². The second-order valence-electron chi connectivity index (χ2n) is 5.01. The zero-order chi connectivity index (χ0) is 11.9. The van der Waals surface area contributed by atoms with Gasteiger partial charge in [-0.2, -0.15) is 0 Å². The highest BCUT2D eigenvalue weighted by Gasteiger charge is 2.34. The molecule has 0 aromatic carbocycles. The summed E-state index contributed by atoms with van der Waals surface area (Å²) >= 11 is 0. The molecule has 0 bridgehead atoms. The molecular weight excluding hydrogens is 189 g/mol. The van der Waals surface area contributed by atoms with Crippen molar-refractivity contribution in [1.29, 1.82) is 0 Å². The fourth-order valence-corrected chi connectivity index (χ4v) is 1.98. The average molecular weight is 217 g/mol. The van der Waals surface area contributed by atoms with E-state index in [2.05, 4.69) is 13.8 Å². The van der Waals surface area contributed by atoms with Crippen LogP contribution in [-0.4, -0.2) is 12.2 Å². The number of alkyl halides is 1. The fraction of sp³-hybridized carbons (Fsp3) is 1.00. The van der Waals surface area contributed by atoms with Gasteiger partial charge >= 0.3 is 0 Å². The number of rotatable bonds is 8. The monoisotopic (exact) mass is 217 g/mol. The van der Waals surface area contributed by atoms with Crippen LogP contribution in [-0.2, 0) is 0 Å². The van der Waals surface area contributed by atoms with E-state index >= 15 is 0 Å². The lowest BCUT2D eigenvalue weighted by Gasteiger charge is -2.31. The Bertz CT molecular complexity index is 159. The normalized spacial score (nSPS) is 17.8.